The van der Waals surface area contributed by atoms with Gasteiger partial charge in [-0.1, -0.05) is 52.5 Å². The van der Waals surface area contributed by atoms with Crippen molar-refractivity contribution in [2.45, 2.75) is 11.4 Å². The van der Waals surface area contributed by atoms with Crippen molar-refractivity contribution in [1.82, 2.24) is 5.32 Å². The van der Waals surface area contributed by atoms with E-state index in [2.05, 4.69) is 5.32 Å². The smallest absolute Gasteiger partial charge is 0.339 e. The summed E-state index contributed by atoms with van der Waals surface area (Å²) in [5.41, 5.74) is 0.917. The number of hydrogen-bond acceptors (Lipinski definition) is 3. The zero-order valence-electron chi connectivity index (χ0n) is 9.26. The molecule has 0 saturated heterocycles. The summed E-state index contributed by atoms with van der Waals surface area (Å²) in [7, 11) is 0. The molecule has 0 unspecified atom stereocenters. The highest BCUT2D eigenvalue weighted by Gasteiger charge is 2.11. The Hall–Kier alpha value is -0.190. The molecule has 7 heteroatoms. The van der Waals surface area contributed by atoms with Crippen molar-refractivity contribution in [2.75, 3.05) is 13.2 Å². The molecule has 0 saturated carbocycles. The normalized spacial score (nSPS) is 10.7. The molecule has 1 aromatic rings. The van der Waals surface area contributed by atoms with Gasteiger partial charge in [-0.15, -0.1) is 0 Å². The minimum Gasteiger partial charge on any atom is -0.462 e. The van der Waals surface area contributed by atoms with Gasteiger partial charge in [0.05, 0.1) is 0 Å². The van der Waals surface area contributed by atoms with Crippen LogP contribution >= 0.6 is 46.4 Å². The maximum absolute atomic E-state index is 10.9. The third-order valence-corrected chi connectivity index (χ3v) is 2.98. The summed E-state index contributed by atoms with van der Waals surface area (Å²) in [6, 6.07) is 5.26. The van der Waals surface area contributed by atoms with Crippen molar-refractivity contribution in [2.24, 2.45) is 0 Å². The van der Waals surface area contributed by atoms with Gasteiger partial charge in [0.25, 0.3) is 0 Å². The van der Waals surface area contributed by atoms with Gasteiger partial charge in [-0.05, 0) is 17.7 Å². The summed E-state index contributed by atoms with van der Waals surface area (Å²) in [6.45, 7) is 1.23. The maximum atomic E-state index is 10.9. The molecule has 0 aliphatic heterocycles. The summed E-state index contributed by atoms with van der Waals surface area (Å²) in [6.07, 6.45) is 0. The molecular weight excluding hydrogens is 320 g/mol. The number of benzene rings is 1. The fraction of sp³-hybridized carbons (Fsp3) is 0.364. The van der Waals surface area contributed by atoms with Crippen molar-refractivity contribution in [1.29, 1.82) is 0 Å². The largest absolute Gasteiger partial charge is 0.462 e. The first-order valence-electron chi connectivity index (χ1n) is 5.10. The highest BCUT2D eigenvalue weighted by molar-refractivity contribution is 6.52. The molecule has 0 bridgehead atoms. The first-order chi connectivity index (χ1) is 8.50. The number of nitrogens with one attached hydrogen (secondary N) is 1. The Balaban J connectivity index is 2.24. The highest BCUT2D eigenvalue weighted by Crippen LogP contribution is 2.20. The quantitative estimate of drug-likeness (QED) is 0.493. The van der Waals surface area contributed by atoms with Gasteiger partial charge >= 0.3 is 5.97 Å². The van der Waals surface area contributed by atoms with Crippen LogP contribution in [0, 0.1) is 0 Å². The summed E-state index contributed by atoms with van der Waals surface area (Å²) in [5.74, 6) is -0.648. The molecule has 0 spiro atoms. The van der Waals surface area contributed by atoms with E-state index in [-0.39, 0.29) is 6.61 Å². The number of alkyl halides is 2. The fourth-order valence-corrected chi connectivity index (χ4v) is 1.78. The molecule has 3 nitrogen and oxygen atoms in total. The van der Waals surface area contributed by atoms with E-state index in [1.807, 2.05) is 6.07 Å². The van der Waals surface area contributed by atoms with Crippen LogP contribution in [0.2, 0.25) is 10.0 Å². The van der Waals surface area contributed by atoms with Crippen molar-refractivity contribution in [3.63, 3.8) is 0 Å². The Kier molecular flexibility index (Phi) is 7.12. The number of carbonyl (C=O) groups excluding carboxylic acids is 1. The van der Waals surface area contributed by atoms with Crippen LogP contribution in [0.25, 0.3) is 0 Å². The van der Waals surface area contributed by atoms with Crippen molar-refractivity contribution in [3.8, 4) is 0 Å². The van der Waals surface area contributed by atoms with Crippen molar-refractivity contribution in [3.05, 3.63) is 33.8 Å². The van der Waals surface area contributed by atoms with Crippen LogP contribution in [-0.4, -0.2) is 24.0 Å². The van der Waals surface area contributed by atoms with Gasteiger partial charge in [0, 0.05) is 23.1 Å². The molecule has 1 rings (SSSR count). The first kappa shape index (κ1) is 15.9. The monoisotopic (exact) mass is 329 g/mol. The lowest BCUT2D eigenvalue weighted by molar-refractivity contribution is -0.141. The fourth-order valence-electron chi connectivity index (χ4n) is 1.17. The lowest BCUT2D eigenvalue weighted by Crippen LogP contribution is -2.23. The second-order valence-corrected chi connectivity index (χ2v) is 5.32. The van der Waals surface area contributed by atoms with E-state index in [0.717, 1.165) is 5.56 Å². The topological polar surface area (TPSA) is 38.3 Å². The zero-order valence-corrected chi connectivity index (χ0v) is 12.3. The summed E-state index contributed by atoms with van der Waals surface area (Å²) in [4.78, 5) is 9.78. The second-order valence-electron chi connectivity index (χ2n) is 3.38. The van der Waals surface area contributed by atoms with Gasteiger partial charge in [0.15, 0.2) is 0 Å². The molecule has 1 aromatic carbocycles. The molecule has 1 N–H and O–H groups in total. The number of esters is 1. The van der Waals surface area contributed by atoms with Crippen LogP contribution < -0.4 is 5.32 Å². The Morgan fingerprint density at radius 3 is 2.67 bits per heavy atom. The molecular formula is C11H11Cl4NO2. The Morgan fingerprint density at radius 1 is 1.33 bits per heavy atom. The van der Waals surface area contributed by atoms with E-state index in [4.69, 9.17) is 51.1 Å². The number of rotatable bonds is 6. The van der Waals surface area contributed by atoms with Crippen LogP contribution in [-0.2, 0) is 16.1 Å². The third kappa shape index (κ3) is 5.63. The molecule has 100 valence electrons. The molecule has 18 heavy (non-hydrogen) atoms. The number of carbonyl (C=O) groups is 1. The van der Waals surface area contributed by atoms with Gasteiger partial charge < -0.3 is 10.1 Å². The summed E-state index contributed by atoms with van der Waals surface area (Å²) >= 11 is 22.4. The standard InChI is InChI=1S/C11H11Cl4NO2/c12-8-2-1-7(9(13)5-8)6-16-3-4-18-11(17)10(14)15/h1-2,5,10,16H,3-4,6H2. The van der Waals surface area contributed by atoms with Crippen molar-refractivity contribution < 1.29 is 9.53 Å². The van der Waals surface area contributed by atoms with E-state index < -0.39 is 10.8 Å². The third-order valence-electron chi connectivity index (χ3n) is 2.03. The van der Waals surface area contributed by atoms with E-state index in [1.54, 1.807) is 12.1 Å². The Morgan fingerprint density at radius 2 is 2.06 bits per heavy atom. The lowest BCUT2D eigenvalue weighted by atomic mass is 10.2. The van der Waals surface area contributed by atoms with E-state index >= 15 is 0 Å². The highest BCUT2D eigenvalue weighted by atomic mass is 35.5. The van der Waals surface area contributed by atoms with Crippen LogP contribution in [0.15, 0.2) is 18.2 Å². The molecule has 0 atom stereocenters. The predicted molar refractivity (Wildman–Crippen MR) is 74.6 cm³/mol. The van der Waals surface area contributed by atoms with Crippen LogP contribution in [0.4, 0.5) is 0 Å². The van der Waals surface area contributed by atoms with E-state index in [1.165, 1.54) is 0 Å². The van der Waals surface area contributed by atoms with Crippen LogP contribution in [0.1, 0.15) is 5.56 Å². The van der Waals surface area contributed by atoms with Gasteiger partial charge in [-0.2, -0.15) is 0 Å². The molecule has 0 amide bonds. The zero-order chi connectivity index (χ0) is 13.5. The second kappa shape index (κ2) is 8.08. The van der Waals surface area contributed by atoms with Crippen molar-refractivity contribution >= 4 is 52.4 Å². The molecule has 0 aromatic heterocycles. The predicted octanol–water partition coefficient (Wildman–Crippen LogP) is 3.43. The van der Waals surface area contributed by atoms with Gasteiger partial charge in [0.1, 0.15) is 6.61 Å². The van der Waals surface area contributed by atoms with E-state index in [0.29, 0.717) is 23.1 Å². The van der Waals surface area contributed by atoms with Gasteiger partial charge in [0.2, 0.25) is 4.84 Å². The SMILES string of the molecule is O=C(OCCNCc1ccc(Cl)cc1Cl)C(Cl)Cl. The number of hydrogen-bond donors (Lipinski definition) is 1. The van der Waals surface area contributed by atoms with Crippen LogP contribution in [0.5, 0.6) is 0 Å². The average molecular weight is 331 g/mol. The Labute approximate surface area is 125 Å². The molecule has 0 aliphatic rings. The Bertz CT molecular complexity index is 412. The maximum Gasteiger partial charge on any atom is 0.339 e. The van der Waals surface area contributed by atoms with E-state index in [9.17, 15) is 4.79 Å². The number of halogens is 4. The molecule has 0 fully saturated rings. The first-order valence-corrected chi connectivity index (χ1v) is 6.73. The molecule has 0 radical (unpaired) electrons. The summed E-state index contributed by atoms with van der Waals surface area (Å²) < 4.78 is 4.77. The minimum atomic E-state index is -1.14. The number of ether oxygens (including phenoxy) is 1. The van der Waals surface area contributed by atoms with Gasteiger partial charge in [-0.25, -0.2) is 4.79 Å². The lowest BCUT2D eigenvalue weighted by Gasteiger charge is -2.08. The molecule has 0 heterocycles. The van der Waals surface area contributed by atoms with Crippen LogP contribution in [0.3, 0.4) is 0 Å². The van der Waals surface area contributed by atoms with Gasteiger partial charge in [-0.3, -0.25) is 0 Å². The minimum absolute atomic E-state index is 0.194. The average Bonchev–Trinajstić information content (AvgIpc) is 2.30. The molecule has 0 aliphatic carbocycles. The summed E-state index contributed by atoms with van der Waals surface area (Å²) in [5, 5.41) is 4.25.